The second-order valence-electron chi connectivity index (χ2n) is 6.02. The van der Waals surface area contributed by atoms with Crippen molar-refractivity contribution in [1.82, 2.24) is 4.90 Å². The fraction of sp³-hybridized carbons (Fsp3) is 0.438. The molecule has 110 valence electrons. The molecule has 1 amide bonds. The van der Waals surface area contributed by atoms with E-state index in [1.165, 1.54) is 25.9 Å². The molecule has 5 heteroatoms. The number of piperidine rings is 3. The number of hydrogen-bond acceptors (Lipinski definition) is 4. The van der Waals surface area contributed by atoms with E-state index in [2.05, 4.69) is 4.90 Å². The summed E-state index contributed by atoms with van der Waals surface area (Å²) < 4.78 is 5.80. The lowest BCUT2D eigenvalue weighted by atomic mass is 9.75. The summed E-state index contributed by atoms with van der Waals surface area (Å²) in [6.45, 7) is 3.39. The molecule has 1 unspecified atom stereocenters. The minimum atomic E-state index is -0.456. The molecule has 3 aliphatic heterocycles. The Morgan fingerprint density at radius 1 is 1.38 bits per heavy atom. The number of furan rings is 1. The number of thiophene rings is 1. The summed E-state index contributed by atoms with van der Waals surface area (Å²) >= 11 is 1.62. The summed E-state index contributed by atoms with van der Waals surface area (Å²) in [4.78, 5) is 14.2. The maximum Gasteiger partial charge on any atom is 0.284 e. The van der Waals surface area contributed by atoms with Crippen molar-refractivity contribution in [2.45, 2.75) is 18.8 Å². The zero-order chi connectivity index (χ0) is 14.4. The van der Waals surface area contributed by atoms with Crippen LogP contribution in [0.5, 0.6) is 0 Å². The second-order valence-corrected chi connectivity index (χ2v) is 6.80. The van der Waals surface area contributed by atoms with Crippen LogP contribution in [-0.4, -0.2) is 30.4 Å². The van der Waals surface area contributed by atoms with Crippen LogP contribution in [0.25, 0.3) is 11.3 Å². The highest BCUT2D eigenvalue weighted by molar-refractivity contribution is 7.08. The van der Waals surface area contributed by atoms with Crippen molar-refractivity contribution < 1.29 is 9.21 Å². The molecular weight excluding hydrogens is 284 g/mol. The predicted octanol–water partition coefficient (Wildman–Crippen LogP) is 2.92. The van der Waals surface area contributed by atoms with Crippen LogP contribution in [0.2, 0.25) is 0 Å². The Bertz CT molecular complexity index is 654. The molecule has 3 fully saturated rings. The van der Waals surface area contributed by atoms with Crippen LogP contribution < -0.4 is 5.73 Å². The molecule has 2 aromatic rings. The minimum Gasteiger partial charge on any atom is -0.451 e. The smallest absolute Gasteiger partial charge is 0.284 e. The van der Waals surface area contributed by atoms with Crippen LogP contribution in [0.1, 0.15) is 34.9 Å². The van der Waals surface area contributed by atoms with Crippen LogP contribution in [-0.2, 0) is 0 Å². The molecule has 0 aromatic carbocycles. The zero-order valence-electron chi connectivity index (χ0n) is 11.7. The third-order valence-electron chi connectivity index (χ3n) is 4.85. The van der Waals surface area contributed by atoms with Crippen LogP contribution in [0.3, 0.4) is 0 Å². The predicted molar refractivity (Wildman–Crippen MR) is 82.4 cm³/mol. The lowest BCUT2D eigenvalue weighted by molar-refractivity contribution is 0.0845. The Kier molecular flexibility index (Phi) is 3.12. The molecule has 2 N–H and O–H groups in total. The number of fused-ring (bicyclic) bond motifs is 3. The van der Waals surface area contributed by atoms with E-state index in [9.17, 15) is 4.79 Å². The molecule has 2 aromatic heterocycles. The first kappa shape index (κ1) is 13.1. The fourth-order valence-corrected chi connectivity index (χ4v) is 4.38. The molecule has 21 heavy (non-hydrogen) atoms. The van der Waals surface area contributed by atoms with Gasteiger partial charge in [-0.15, -0.1) is 0 Å². The van der Waals surface area contributed by atoms with Gasteiger partial charge in [-0.2, -0.15) is 11.3 Å². The third-order valence-corrected chi connectivity index (χ3v) is 5.53. The largest absolute Gasteiger partial charge is 0.451 e. The van der Waals surface area contributed by atoms with Gasteiger partial charge in [0.05, 0.1) is 0 Å². The maximum atomic E-state index is 11.8. The van der Waals surface area contributed by atoms with Gasteiger partial charge in [-0.1, -0.05) is 0 Å². The number of amides is 1. The van der Waals surface area contributed by atoms with Crippen LogP contribution in [0, 0.1) is 5.92 Å². The Morgan fingerprint density at radius 3 is 2.76 bits per heavy atom. The molecule has 0 aliphatic carbocycles. The number of carbonyl (C=O) groups is 1. The van der Waals surface area contributed by atoms with E-state index in [0.717, 1.165) is 23.4 Å². The normalized spacial score (nSPS) is 27.9. The van der Waals surface area contributed by atoms with Crippen molar-refractivity contribution in [3.05, 3.63) is 34.2 Å². The van der Waals surface area contributed by atoms with Gasteiger partial charge >= 0.3 is 0 Å². The summed E-state index contributed by atoms with van der Waals surface area (Å²) in [5.41, 5.74) is 7.58. The number of nitrogens with zero attached hydrogens (tertiary/aromatic N) is 1. The first-order valence-corrected chi connectivity index (χ1v) is 8.35. The SMILES string of the molecule is NC(=O)c1oc(-c2ccsc2)cc1C1CN2CCC1CC2. The Morgan fingerprint density at radius 2 is 2.19 bits per heavy atom. The maximum absolute atomic E-state index is 11.8. The number of nitrogens with two attached hydrogens (primary N) is 1. The molecule has 5 rings (SSSR count). The topological polar surface area (TPSA) is 59.5 Å². The summed E-state index contributed by atoms with van der Waals surface area (Å²) in [5.74, 6) is 1.70. The van der Waals surface area contributed by atoms with Gasteiger partial charge < -0.3 is 15.1 Å². The van der Waals surface area contributed by atoms with Crippen molar-refractivity contribution in [3.8, 4) is 11.3 Å². The van der Waals surface area contributed by atoms with Crippen molar-refractivity contribution >= 4 is 17.2 Å². The molecule has 5 heterocycles. The van der Waals surface area contributed by atoms with Crippen LogP contribution in [0.15, 0.2) is 27.3 Å². The quantitative estimate of drug-likeness (QED) is 0.948. The number of hydrogen-bond donors (Lipinski definition) is 1. The van der Waals surface area contributed by atoms with Gasteiger partial charge in [0, 0.05) is 29.0 Å². The molecule has 4 nitrogen and oxygen atoms in total. The highest BCUT2D eigenvalue weighted by Crippen LogP contribution is 2.42. The van der Waals surface area contributed by atoms with Crippen molar-refractivity contribution in [2.75, 3.05) is 19.6 Å². The van der Waals surface area contributed by atoms with Crippen molar-refractivity contribution in [1.29, 1.82) is 0 Å². The molecule has 0 saturated carbocycles. The third kappa shape index (κ3) is 2.21. The van der Waals surface area contributed by atoms with Gasteiger partial charge in [-0.3, -0.25) is 4.79 Å². The van der Waals surface area contributed by atoms with E-state index >= 15 is 0 Å². The van der Waals surface area contributed by atoms with Gasteiger partial charge in [0.25, 0.3) is 5.91 Å². The first-order chi connectivity index (χ1) is 10.2. The second kappa shape index (κ2) is 5.00. The highest BCUT2D eigenvalue weighted by Gasteiger charge is 2.38. The van der Waals surface area contributed by atoms with E-state index in [0.29, 0.717) is 17.6 Å². The summed E-state index contributed by atoms with van der Waals surface area (Å²) in [5, 5.41) is 4.04. The lowest BCUT2D eigenvalue weighted by Gasteiger charge is -2.44. The molecular formula is C16H18N2O2S. The Balaban J connectivity index is 1.75. The molecule has 0 spiro atoms. The summed E-state index contributed by atoms with van der Waals surface area (Å²) in [7, 11) is 0. The van der Waals surface area contributed by atoms with Crippen molar-refractivity contribution in [2.24, 2.45) is 11.7 Å². The van der Waals surface area contributed by atoms with E-state index in [4.69, 9.17) is 10.2 Å². The van der Waals surface area contributed by atoms with Gasteiger partial charge in [-0.25, -0.2) is 0 Å². The lowest BCUT2D eigenvalue weighted by Crippen LogP contribution is -2.46. The van der Waals surface area contributed by atoms with E-state index < -0.39 is 5.91 Å². The average molecular weight is 302 g/mol. The summed E-state index contributed by atoms with van der Waals surface area (Å²) in [6, 6.07) is 4.04. The minimum absolute atomic E-state index is 0.356. The molecule has 0 radical (unpaired) electrons. The van der Waals surface area contributed by atoms with Crippen molar-refractivity contribution in [3.63, 3.8) is 0 Å². The highest BCUT2D eigenvalue weighted by atomic mass is 32.1. The first-order valence-electron chi connectivity index (χ1n) is 7.41. The average Bonchev–Trinajstić information content (AvgIpc) is 3.17. The van der Waals surface area contributed by atoms with E-state index in [-0.39, 0.29) is 0 Å². The van der Waals surface area contributed by atoms with Gasteiger partial charge in [0.15, 0.2) is 5.76 Å². The van der Waals surface area contributed by atoms with Crippen LogP contribution in [0.4, 0.5) is 0 Å². The molecule has 2 bridgehead atoms. The van der Waals surface area contributed by atoms with E-state index in [1.807, 2.05) is 22.9 Å². The van der Waals surface area contributed by atoms with Gasteiger partial charge in [-0.05, 0) is 49.4 Å². The number of primary amides is 1. The molecule has 3 aliphatic rings. The molecule has 1 atom stereocenters. The Hall–Kier alpha value is -1.59. The standard InChI is InChI=1S/C16H18N2O2S/c17-16(19)15-12(7-14(20-15)11-3-6-21-9-11)13-8-18-4-1-10(13)2-5-18/h3,6-7,9-10,13H,1-2,4-5,8H2,(H2,17,19). The summed E-state index contributed by atoms with van der Waals surface area (Å²) in [6.07, 6.45) is 2.42. The number of rotatable bonds is 3. The zero-order valence-corrected chi connectivity index (χ0v) is 12.6. The van der Waals surface area contributed by atoms with Gasteiger partial charge in [0.2, 0.25) is 0 Å². The number of carbonyl (C=O) groups excluding carboxylic acids is 1. The molecule has 3 saturated heterocycles. The van der Waals surface area contributed by atoms with Gasteiger partial charge in [0.1, 0.15) is 5.76 Å². The van der Waals surface area contributed by atoms with E-state index in [1.54, 1.807) is 11.3 Å². The monoisotopic (exact) mass is 302 g/mol. The fourth-order valence-electron chi connectivity index (χ4n) is 3.74. The Labute approximate surface area is 127 Å². The van der Waals surface area contributed by atoms with Crippen LogP contribution >= 0.6 is 11.3 Å².